The molecule has 2 aromatic carbocycles. The number of hydrogen-bond donors (Lipinski definition) is 1. The first-order valence-corrected chi connectivity index (χ1v) is 7.66. The van der Waals surface area contributed by atoms with Gasteiger partial charge >= 0.3 is 0 Å². The van der Waals surface area contributed by atoms with Crippen LogP contribution in [-0.2, 0) is 0 Å². The molecular formula is C16H10ClFN2OS. The first kappa shape index (κ1) is 14.7. The summed E-state index contributed by atoms with van der Waals surface area (Å²) in [4.78, 5) is 16.4. The van der Waals surface area contributed by atoms with Crippen molar-refractivity contribution in [3.05, 3.63) is 70.4 Å². The zero-order chi connectivity index (χ0) is 15.5. The molecule has 0 aliphatic heterocycles. The Morgan fingerprint density at radius 3 is 2.59 bits per heavy atom. The monoisotopic (exact) mass is 332 g/mol. The van der Waals surface area contributed by atoms with Crippen molar-refractivity contribution in [3.63, 3.8) is 0 Å². The van der Waals surface area contributed by atoms with Gasteiger partial charge in [-0.3, -0.25) is 4.79 Å². The number of benzene rings is 2. The summed E-state index contributed by atoms with van der Waals surface area (Å²) in [5.74, 6) is -0.925. The van der Waals surface area contributed by atoms with Gasteiger partial charge in [0.2, 0.25) is 0 Å². The summed E-state index contributed by atoms with van der Waals surface area (Å²) in [5, 5.41) is 5.49. The lowest BCUT2D eigenvalue weighted by atomic mass is 10.2. The van der Waals surface area contributed by atoms with Gasteiger partial charge in [0.25, 0.3) is 5.91 Å². The second-order valence-corrected chi connectivity index (χ2v) is 5.77. The zero-order valence-corrected chi connectivity index (χ0v) is 12.8. The average molecular weight is 333 g/mol. The van der Waals surface area contributed by atoms with Gasteiger partial charge in [0.15, 0.2) is 0 Å². The minimum absolute atomic E-state index is 0.133. The first-order valence-electron chi connectivity index (χ1n) is 6.41. The molecule has 0 atom stereocenters. The molecule has 0 saturated carbocycles. The Bertz CT molecular complexity index is 817. The van der Waals surface area contributed by atoms with E-state index in [-0.39, 0.29) is 11.4 Å². The van der Waals surface area contributed by atoms with E-state index in [4.69, 9.17) is 11.6 Å². The van der Waals surface area contributed by atoms with E-state index in [2.05, 4.69) is 10.3 Å². The third-order valence-corrected chi connectivity index (χ3v) is 4.09. The Morgan fingerprint density at radius 1 is 1.14 bits per heavy atom. The van der Waals surface area contributed by atoms with Crippen molar-refractivity contribution in [1.29, 1.82) is 0 Å². The second kappa shape index (κ2) is 6.25. The average Bonchev–Trinajstić information content (AvgIpc) is 3.00. The van der Waals surface area contributed by atoms with Crippen molar-refractivity contribution in [2.75, 3.05) is 5.32 Å². The Morgan fingerprint density at radius 2 is 1.86 bits per heavy atom. The summed E-state index contributed by atoms with van der Waals surface area (Å²) in [6, 6.07) is 13.2. The first-order chi connectivity index (χ1) is 10.6. The van der Waals surface area contributed by atoms with Gasteiger partial charge in [-0.2, -0.15) is 0 Å². The molecule has 0 unspecified atom stereocenters. The lowest BCUT2D eigenvalue weighted by Gasteiger charge is -2.03. The maximum atomic E-state index is 13.5. The van der Waals surface area contributed by atoms with Crippen molar-refractivity contribution in [2.45, 2.75) is 0 Å². The van der Waals surface area contributed by atoms with Gasteiger partial charge in [-0.25, -0.2) is 9.37 Å². The van der Waals surface area contributed by atoms with E-state index >= 15 is 0 Å². The van der Waals surface area contributed by atoms with Gasteiger partial charge < -0.3 is 5.32 Å². The van der Waals surface area contributed by atoms with Crippen LogP contribution in [0.25, 0.3) is 10.6 Å². The van der Waals surface area contributed by atoms with E-state index in [0.717, 1.165) is 5.56 Å². The standard InChI is InChI=1S/C16H10ClFN2OS/c17-11-7-5-10(6-8-11)16-20-14(9-22-16)15(21)19-13-4-2-1-3-12(13)18/h1-9H,(H,19,21). The molecule has 0 aliphatic carbocycles. The zero-order valence-electron chi connectivity index (χ0n) is 11.2. The van der Waals surface area contributed by atoms with Crippen LogP contribution in [0, 0.1) is 5.82 Å². The molecule has 6 heteroatoms. The van der Waals surface area contributed by atoms with Crippen LogP contribution in [-0.4, -0.2) is 10.9 Å². The fourth-order valence-electron chi connectivity index (χ4n) is 1.85. The Balaban J connectivity index is 1.80. The molecule has 0 fully saturated rings. The molecule has 0 radical (unpaired) electrons. The molecule has 0 bridgehead atoms. The van der Waals surface area contributed by atoms with Gasteiger partial charge in [0.05, 0.1) is 5.69 Å². The summed E-state index contributed by atoms with van der Waals surface area (Å²) in [6.07, 6.45) is 0. The fourth-order valence-corrected chi connectivity index (χ4v) is 2.78. The van der Waals surface area contributed by atoms with E-state index in [9.17, 15) is 9.18 Å². The van der Waals surface area contributed by atoms with Crippen molar-refractivity contribution in [3.8, 4) is 10.6 Å². The highest BCUT2D eigenvalue weighted by Crippen LogP contribution is 2.25. The minimum Gasteiger partial charge on any atom is -0.318 e. The van der Waals surface area contributed by atoms with Crippen LogP contribution in [0.5, 0.6) is 0 Å². The maximum absolute atomic E-state index is 13.5. The van der Waals surface area contributed by atoms with Crippen LogP contribution in [0.2, 0.25) is 5.02 Å². The minimum atomic E-state index is -0.482. The van der Waals surface area contributed by atoms with Crippen LogP contribution in [0.4, 0.5) is 10.1 Å². The predicted octanol–water partition coefficient (Wildman–Crippen LogP) is 4.85. The molecule has 1 aromatic heterocycles. The normalized spacial score (nSPS) is 10.5. The van der Waals surface area contributed by atoms with Gasteiger partial charge in [0, 0.05) is 16.0 Å². The third kappa shape index (κ3) is 3.16. The van der Waals surface area contributed by atoms with Crippen molar-refractivity contribution < 1.29 is 9.18 Å². The summed E-state index contributed by atoms with van der Waals surface area (Å²) in [5.41, 5.74) is 1.26. The fraction of sp³-hybridized carbons (Fsp3) is 0. The Labute approximate surface area is 135 Å². The number of anilines is 1. The highest BCUT2D eigenvalue weighted by atomic mass is 35.5. The number of rotatable bonds is 3. The molecular weight excluding hydrogens is 323 g/mol. The molecule has 3 aromatic rings. The molecule has 1 N–H and O–H groups in total. The molecule has 0 aliphatic rings. The number of nitrogens with zero attached hydrogens (tertiary/aromatic N) is 1. The second-order valence-electron chi connectivity index (χ2n) is 4.48. The molecule has 3 nitrogen and oxygen atoms in total. The van der Waals surface area contributed by atoms with Crippen LogP contribution >= 0.6 is 22.9 Å². The number of nitrogens with one attached hydrogen (secondary N) is 1. The van der Waals surface area contributed by atoms with Gasteiger partial charge in [-0.05, 0) is 24.3 Å². The van der Waals surface area contributed by atoms with Crippen LogP contribution in [0.15, 0.2) is 53.9 Å². The number of amides is 1. The Kier molecular flexibility index (Phi) is 4.18. The van der Waals surface area contributed by atoms with E-state index in [1.165, 1.54) is 23.5 Å². The molecule has 22 heavy (non-hydrogen) atoms. The Hall–Kier alpha value is -2.24. The number of para-hydroxylation sites is 1. The number of carbonyl (C=O) groups is 1. The molecule has 1 amide bonds. The van der Waals surface area contributed by atoms with Crippen LogP contribution in [0.1, 0.15) is 10.5 Å². The van der Waals surface area contributed by atoms with E-state index in [1.54, 1.807) is 29.6 Å². The summed E-state index contributed by atoms with van der Waals surface area (Å²) >= 11 is 7.19. The largest absolute Gasteiger partial charge is 0.318 e. The van der Waals surface area contributed by atoms with Crippen LogP contribution in [0.3, 0.4) is 0 Å². The number of halogens is 2. The molecule has 3 rings (SSSR count). The van der Waals surface area contributed by atoms with Crippen molar-refractivity contribution in [1.82, 2.24) is 4.98 Å². The highest BCUT2D eigenvalue weighted by Gasteiger charge is 2.13. The van der Waals surface area contributed by atoms with E-state index < -0.39 is 11.7 Å². The lowest BCUT2D eigenvalue weighted by molar-refractivity contribution is 0.102. The number of hydrogen-bond acceptors (Lipinski definition) is 3. The summed E-state index contributed by atoms with van der Waals surface area (Å²) < 4.78 is 13.5. The smallest absolute Gasteiger partial charge is 0.275 e. The molecule has 1 heterocycles. The van der Waals surface area contributed by atoms with Crippen molar-refractivity contribution >= 4 is 34.5 Å². The van der Waals surface area contributed by atoms with Gasteiger partial charge in [0.1, 0.15) is 16.5 Å². The summed E-state index contributed by atoms with van der Waals surface area (Å²) in [6.45, 7) is 0. The number of carbonyl (C=O) groups excluding carboxylic acids is 1. The highest BCUT2D eigenvalue weighted by molar-refractivity contribution is 7.13. The van der Waals surface area contributed by atoms with E-state index in [1.807, 2.05) is 12.1 Å². The third-order valence-electron chi connectivity index (χ3n) is 2.95. The molecule has 110 valence electrons. The van der Waals surface area contributed by atoms with Crippen molar-refractivity contribution in [2.24, 2.45) is 0 Å². The maximum Gasteiger partial charge on any atom is 0.275 e. The van der Waals surface area contributed by atoms with Gasteiger partial charge in [-0.15, -0.1) is 11.3 Å². The van der Waals surface area contributed by atoms with E-state index in [0.29, 0.717) is 10.0 Å². The van der Waals surface area contributed by atoms with Gasteiger partial charge in [-0.1, -0.05) is 35.9 Å². The molecule has 0 spiro atoms. The number of thiazole rings is 1. The lowest BCUT2D eigenvalue weighted by Crippen LogP contribution is -2.13. The topological polar surface area (TPSA) is 42.0 Å². The SMILES string of the molecule is O=C(Nc1ccccc1F)c1csc(-c2ccc(Cl)cc2)n1. The van der Waals surface area contributed by atoms with Crippen LogP contribution < -0.4 is 5.32 Å². The quantitative estimate of drug-likeness (QED) is 0.744. The number of aromatic nitrogens is 1. The molecule has 0 saturated heterocycles. The summed E-state index contributed by atoms with van der Waals surface area (Å²) in [7, 11) is 0. The predicted molar refractivity (Wildman–Crippen MR) is 86.9 cm³/mol.